The topological polar surface area (TPSA) is 43.1 Å². The first-order valence-electron chi connectivity index (χ1n) is 5.82. The highest BCUT2D eigenvalue weighted by Gasteiger charge is 2.15. The van der Waals surface area contributed by atoms with Crippen LogP contribution in [0, 0.1) is 13.8 Å². The van der Waals surface area contributed by atoms with Gasteiger partial charge in [0.15, 0.2) is 16.6 Å². The van der Waals surface area contributed by atoms with Gasteiger partial charge in [-0.3, -0.25) is 0 Å². The molecule has 0 spiro atoms. The minimum atomic E-state index is 0.421. The molecule has 0 fully saturated rings. The summed E-state index contributed by atoms with van der Waals surface area (Å²) < 4.78 is 1.60. The standard InChI is InChI=1S/C13H9Cl3N4/c1-6-7(2)12-17-18-13(20(12)19-11(6)16)8-3-9(14)5-10(15)4-8/h3-5H,1-2H3. The quantitative estimate of drug-likeness (QED) is 0.666. The van der Waals surface area contributed by atoms with Crippen molar-refractivity contribution in [2.24, 2.45) is 0 Å². The molecule has 0 aliphatic carbocycles. The molecule has 2 aromatic heterocycles. The molecule has 1 aromatic carbocycles. The lowest BCUT2D eigenvalue weighted by atomic mass is 10.2. The Labute approximate surface area is 130 Å². The van der Waals surface area contributed by atoms with E-state index in [-0.39, 0.29) is 0 Å². The summed E-state index contributed by atoms with van der Waals surface area (Å²) in [5.74, 6) is 0.550. The maximum atomic E-state index is 6.13. The summed E-state index contributed by atoms with van der Waals surface area (Å²) >= 11 is 18.2. The Bertz CT molecular complexity index is 806. The summed E-state index contributed by atoms with van der Waals surface area (Å²) in [6.07, 6.45) is 0. The molecule has 0 unspecified atom stereocenters. The fourth-order valence-corrected chi connectivity index (χ4v) is 2.70. The predicted molar refractivity (Wildman–Crippen MR) is 80.7 cm³/mol. The normalized spacial score (nSPS) is 11.2. The smallest absolute Gasteiger partial charge is 0.185 e. The van der Waals surface area contributed by atoms with Gasteiger partial charge in [0, 0.05) is 21.2 Å². The van der Waals surface area contributed by atoms with E-state index >= 15 is 0 Å². The van der Waals surface area contributed by atoms with E-state index in [1.54, 1.807) is 22.7 Å². The Morgan fingerprint density at radius 2 is 1.55 bits per heavy atom. The second-order valence-electron chi connectivity index (χ2n) is 4.46. The van der Waals surface area contributed by atoms with Crippen LogP contribution in [0.1, 0.15) is 11.1 Å². The highest BCUT2D eigenvalue weighted by Crippen LogP contribution is 2.28. The maximum Gasteiger partial charge on any atom is 0.185 e. The first-order valence-corrected chi connectivity index (χ1v) is 6.95. The van der Waals surface area contributed by atoms with Crippen LogP contribution in [0.5, 0.6) is 0 Å². The molecule has 0 aliphatic rings. The van der Waals surface area contributed by atoms with Crippen LogP contribution in [0.15, 0.2) is 18.2 Å². The maximum absolute atomic E-state index is 6.13. The summed E-state index contributed by atoms with van der Waals surface area (Å²) in [4.78, 5) is 0. The third-order valence-corrected chi connectivity index (χ3v) is 3.95. The van der Waals surface area contributed by atoms with Crippen LogP contribution in [0.25, 0.3) is 17.0 Å². The van der Waals surface area contributed by atoms with Gasteiger partial charge in [-0.2, -0.15) is 9.61 Å². The molecule has 0 N–H and O–H groups in total. The lowest BCUT2D eigenvalue weighted by Gasteiger charge is -2.05. The third-order valence-electron chi connectivity index (χ3n) is 3.16. The zero-order valence-corrected chi connectivity index (χ0v) is 12.9. The lowest BCUT2D eigenvalue weighted by molar-refractivity contribution is 0.919. The summed E-state index contributed by atoms with van der Waals surface area (Å²) in [5.41, 5.74) is 3.24. The van der Waals surface area contributed by atoms with Gasteiger partial charge >= 0.3 is 0 Å². The van der Waals surface area contributed by atoms with Crippen molar-refractivity contribution in [2.75, 3.05) is 0 Å². The van der Waals surface area contributed by atoms with E-state index in [1.165, 1.54) is 0 Å². The molecule has 0 atom stereocenters. The summed E-state index contributed by atoms with van der Waals surface area (Å²) in [5, 5.41) is 14.1. The van der Waals surface area contributed by atoms with Gasteiger partial charge in [0.2, 0.25) is 0 Å². The van der Waals surface area contributed by atoms with Crippen molar-refractivity contribution >= 4 is 40.4 Å². The summed E-state index contributed by atoms with van der Waals surface area (Å²) in [6, 6.07) is 5.18. The van der Waals surface area contributed by atoms with Crippen LogP contribution in [0.4, 0.5) is 0 Å². The summed E-state index contributed by atoms with van der Waals surface area (Å²) in [6.45, 7) is 3.83. The fraction of sp³-hybridized carbons (Fsp3) is 0.154. The SMILES string of the molecule is Cc1c(Cl)nn2c(-c3cc(Cl)cc(Cl)c3)nnc2c1C. The zero-order chi connectivity index (χ0) is 14.4. The molecular formula is C13H9Cl3N4. The van der Waals surface area contributed by atoms with E-state index < -0.39 is 0 Å². The van der Waals surface area contributed by atoms with Gasteiger partial charge in [0.1, 0.15) is 0 Å². The fourth-order valence-electron chi connectivity index (χ4n) is 1.96. The average Bonchev–Trinajstić information content (AvgIpc) is 2.78. The van der Waals surface area contributed by atoms with E-state index in [9.17, 15) is 0 Å². The molecule has 0 amide bonds. The van der Waals surface area contributed by atoms with Gasteiger partial charge in [-0.15, -0.1) is 10.2 Å². The Morgan fingerprint density at radius 3 is 2.20 bits per heavy atom. The van der Waals surface area contributed by atoms with E-state index in [4.69, 9.17) is 34.8 Å². The van der Waals surface area contributed by atoms with Gasteiger partial charge in [-0.25, -0.2) is 0 Å². The van der Waals surface area contributed by atoms with Crippen molar-refractivity contribution in [2.45, 2.75) is 13.8 Å². The van der Waals surface area contributed by atoms with E-state index in [0.717, 1.165) is 16.7 Å². The molecule has 0 radical (unpaired) electrons. The highest BCUT2D eigenvalue weighted by molar-refractivity contribution is 6.35. The van der Waals surface area contributed by atoms with Crippen molar-refractivity contribution in [3.8, 4) is 11.4 Å². The Kier molecular flexibility index (Phi) is 3.32. The van der Waals surface area contributed by atoms with Crippen molar-refractivity contribution < 1.29 is 0 Å². The Morgan fingerprint density at radius 1 is 0.900 bits per heavy atom. The molecule has 3 rings (SSSR count). The number of fused-ring (bicyclic) bond motifs is 1. The number of rotatable bonds is 1. The van der Waals surface area contributed by atoms with Gasteiger partial charge < -0.3 is 0 Å². The number of nitrogens with zero attached hydrogens (tertiary/aromatic N) is 4. The van der Waals surface area contributed by atoms with Crippen molar-refractivity contribution in [1.82, 2.24) is 19.8 Å². The molecule has 0 saturated carbocycles. The number of benzene rings is 1. The molecule has 2 heterocycles. The van der Waals surface area contributed by atoms with E-state index in [1.807, 2.05) is 13.8 Å². The second-order valence-corrected chi connectivity index (χ2v) is 5.69. The molecule has 7 heteroatoms. The number of hydrogen-bond acceptors (Lipinski definition) is 3. The molecule has 4 nitrogen and oxygen atoms in total. The molecule has 20 heavy (non-hydrogen) atoms. The van der Waals surface area contributed by atoms with Gasteiger partial charge in [0.25, 0.3) is 0 Å². The van der Waals surface area contributed by atoms with Crippen LogP contribution >= 0.6 is 34.8 Å². The average molecular weight is 328 g/mol. The van der Waals surface area contributed by atoms with Gasteiger partial charge in [0.05, 0.1) is 0 Å². The molecule has 102 valence electrons. The minimum Gasteiger partial charge on any atom is -0.191 e. The van der Waals surface area contributed by atoms with Crippen LogP contribution in [0.3, 0.4) is 0 Å². The third kappa shape index (κ3) is 2.14. The minimum absolute atomic E-state index is 0.421. The summed E-state index contributed by atoms with van der Waals surface area (Å²) in [7, 11) is 0. The van der Waals surface area contributed by atoms with Gasteiger partial charge in [-0.1, -0.05) is 34.8 Å². The zero-order valence-electron chi connectivity index (χ0n) is 10.7. The van der Waals surface area contributed by atoms with Crippen molar-refractivity contribution in [1.29, 1.82) is 0 Å². The van der Waals surface area contributed by atoms with Crippen LogP contribution < -0.4 is 0 Å². The Hall–Kier alpha value is -1.36. The van der Waals surface area contributed by atoms with Crippen molar-refractivity contribution in [3.63, 3.8) is 0 Å². The van der Waals surface area contributed by atoms with Crippen molar-refractivity contribution in [3.05, 3.63) is 44.5 Å². The first-order chi connectivity index (χ1) is 9.47. The van der Waals surface area contributed by atoms with Crippen LogP contribution in [-0.4, -0.2) is 19.8 Å². The number of aromatic nitrogens is 4. The van der Waals surface area contributed by atoms with Gasteiger partial charge in [-0.05, 0) is 37.6 Å². The van der Waals surface area contributed by atoms with Crippen LogP contribution in [-0.2, 0) is 0 Å². The monoisotopic (exact) mass is 326 g/mol. The molecule has 0 bridgehead atoms. The molecule has 3 aromatic rings. The largest absolute Gasteiger partial charge is 0.191 e. The number of halogens is 3. The molecule has 0 aliphatic heterocycles. The number of hydrogen-bond donors (Lipinski definition) is 0. The second kappa shape index (κ2) is 4.88. The Balaban J connectivity index is 2.32. The molecule has 0 saturated heterocycles. The van der Waals surface area contributed by atoms with Crippen LogP contribution in [0.2, 0.25) is 15.2 Å². The molecular weight excluding hydrogens is 319 g/mol. The lowest BCUT2D eigenvalue weighted by Crippen LogP contribution is -2.00. The van der Waals surface area contributed by atoms with E-state index in [2.05, 4.69) is 15.3 Å². The predicted octanol–water partition coefficient (Wildman–Crippen LogP) is 4.37. The first kappa shape index (κ1) is 13.6. The number of aryl methyl sites for hydroxylation is 1. The van der Waals surface area contributed by atoms with E-state index in [0.29, 0.717) is 26.7 Å². The highest BCUT2D eigenvalue weighted by atomic mass is 35.5.